The van der Waals surface area contributed by atoms with Gasteiger partial charge < -0.3 is 4.74 Å². The number of methoxy groups -OCH3 is 1. The van der Waals surface area contributed by atoms with Crippen molar-refractivity contribution in [1.29, 1.82) is 0 Å². The van der Waals surface area contributed by atoms with Gasteiger partial charge in [0.05, 0.1) is 12.6 Å². The zero-order chi connectivity index (χ0) is 12.0. The average molecular weight is 227 g/mol. The van der Waals surface area contributed by atoms with Crippen LogP contribution in [-0.2, 0) is 0 Å². The van der Waals surface area contributed by atoms with E-state index in [2.05, 4.69) is 29.3 Å². The fraction of sp³-hybridized carbons (Fsp3) is 0.231. The lowest BCUT2D eigenvalue weighted by atomic mass is 10.1. The highest BCUT2D eigenvalue weighted by molar-refractivity contribution is 5.86. The number of fused-ring (bicyclic) bond motifs is 3. The van der Waals surface area contributed by atoms with Crippen LogP contribution >= 0.6 is 0 Å². The van der Waals surface area contributed by atoms with E-state index in [1.54, 1.807) is 7.11 Å². The summed E-state index contributed by atoms with van der Waals surface area (Å²) >= 11 is 0. The molecule has 2 aromatic heterocycles. The van der Waals surface area contributed by atoms with Crippen molar-refractivity contribution in [3.63, 3.8) is 0 Å². The predicted molar refractivity (Wildman–Crippen MR) is 66.5 cm³/mol. The van der Waals surface area contributed by atoms with E-state index in [0.29, 0.717) is 0 Å². The molecule has 1 aromatic carbocycles. The Bertz CT molecular complexity index is 715. The summed E-state index contributed by atoms with van der Waals surface area (Å²) in [6, 6.07) is 8.11. The van der Waals surface area contributed by atoms with Crippen LogP contribution in [0.25, 0.3) is 16.6 Å². The maximum Gasteiger partial charge on any atom is 0.161 e. The highest BCUT2D eigenvalue weighted by atomic mass is 16.5. The van der Waals surface area contributed by atoms with E-state index in [4.69, 9.17) is 4.74 Å². The van der Waals surface area contributed by atoms with Gasteiger partial charge in [0.2, 0.25) is 0 Å². The maximum absolute atomic E-state index is 5.27. The molecule has 0 N–H and O–H groups in total. The number of pyridine rings is 1. The van der Waals surface area contributed by atoms with Gasteiger partial charge in [-0.3, -0.25) is 4.40 Å². The Morgan fingerprint density at radius 1 is 1.12 bits per heavy atom. The summed E-state index contributed by atoms with van der Waals surface area (Å²) in [5, 5.41) is 9.47. The molecule has 0 saturated carbocycles. The first kappa shape index (κ1) is 10.1. The highest BCUT2D eigenvalue weighted by Gasteiger charge is 2.08. The molecule has 0 bridgehead atoms. The Hall–Kier alpha value is -2.10. The third kappa shape index (κ3) is 1.37. The van der Waals surface area contributed by atoms with Gasteiger partial charge in [-0.25, -0.2) is 0 Å². The van der Waals surface area contributed by atoms with Gasteiger partial charge in [-0.15, -0.1) is 10.2 Å². The first-order valence-electron chi connectivity index (χ1n) is 5.50. The molecule has 3 aromatic rings. The molecule has 0 atom stereocenters. The van der Waals surface area contributed by atoms with Crippen molar-refractivity contribution >= 4 is 16.6 Å². The van der Waals surface area contributed by atoms with E-state index in [-0.39, 0.29) is 0 Å². The topological polar surface area (TPSA) is 39.4 Å². The predicted octanol–water partition coefficient (Wildman–Crippen LogP) is 2.51. The molecule has 0 saturated heterocycles. The molecule has 0 aliphatic rings. The Labute approximate surface area is 98.8 Å². The summed E-state index contributed by atoms with van der Waals surface area (Å²) < 4.78 is 7.32. The molecule has 0 aliphatic carbocycles. The number of rotatable bonds is 1. The Morgan fingerprint density at radius 2 is 1.94 bits per heavy atom. The van der Waals surface area contributed by atoms with Gasteiger partial charge in [0, 0.05) is 11.5 Å². The number of hydrogen-bond acceptors (Lipinski definition) is 3. The second-order valence-electron chi connectivity index (χ2n) is 4.15. The molecule has 2 heterocycles. The fourth-order valence-electron chi connectivity index (χ4n) is 2.20. The molecule has 0 amide bonds. The van der Waals surface area contributed by atoms with Crippen LogP contribution in [0.5, 0.6) is 5.75 Å². The molecule has 4 heteroatoms. The molecule has 0 fully saturated rings. The van der Waals surface area contributed by atoms with Gasteiger partial charge >= 0.3 is 0 Å². The van der Waals surface area contributed by atoms with Crippen LogP contribution in [0.4, 0.5) is 0 Å². The summed E-state index contributed by atoms with van der Waals surface area (Å²) in [5.74, 6) is 1.73. The van der Waals surface area contributed by atoms with Gasteiger partial charge in [-0.05, 0) is 37.6 Å². The minimum Gasteiger partial charge on any atom is -0.497 e. The summed E-state index contributed by atoms with van der Waals surface area (Å²) in [4.78, 5) is 0. The number of nitrogens with zero attached hydrogens (tertiary/aromatic N) is 3. The third-order valence-corrected chi connectivity index (χ3v) is 3.07. The van der Waals surface area contributed by atoms with E-state index in [1.807, 2.05) is 23.5 Å². The number of aryl methyl sites for hydroxylation is 2. The van der Waals surface area contributed by atoms with Gasteiger partial charge in [-0.2, -0.15) is 0 Å². The largest absolute Gasteiger partial charge is 0.497 e. The Balaban J connectivity index is 2.55. The van der Waals surface area contributed by atoms with Crippen molar-refractivity contribution in [2.24, 2.45) is 0 Å². The Morgan fingerprint density at radius 3 is 2.71 bits per heavy atom. The van der Waals surface area contributed by atoms with E-state index >= 15 is 0 Å². The molecule has 86 valence electrons. The van der Waals surface area contributed by atoms with Crippen molar-refractivity contribution in [3.05, 3.63) is 35.7 Å². The molecule has 4 nitrogen and oxygen atoms in total. The van der Waals surface area contributed by atoms with E-state index in [0.717, 1.165) is 22.7 Å². The van der Waals surface area contributed by atoms with E-state index in [1.165, 1.54) is 10.9 Å². The summed E-state index contributed by atoms with van der Waals surface area (Å²) in [6.45, 7) is 4.03. The number of aromatic nitrogens is 3. The summed E-state index contributed by atoms with van der Waals surface area (Å²) in [6.07, 6.45) is 0. The fourth-order valence-corrected chi connectivity index (χ4v) is 2.20. The SMILES string of the molecule is COc1ccc2c(C)cc3nnc(C)n3c2c1. The van der Waals surface area contributed by atoms with Crippen LogP contribution in [0, 0.1) is 13.8 Å². The maximum atomic E-state index is 5.27. The number of ether oxygens (including phenoxy) is 1. The second-order valence-corrected chi connectivity index (χ2v) is 4.15. The van der Waals surface area contributed by atoms with E-state index in [9.17, 15) is 0 Å². The first-order valence-corrected chi connectivity index (χ1v) is 5.50. The quantitative estimate of drug-likeness (QED) is 0.641. The van der Waals surface area contributed by atoms with Crippen molar-refractivity contribution in [1.82, 2.24) is 14.6 Å². The molecular weight excluding hydrogens is 214 g/mol. The standard InChI is InChI=1S/C13H13N3O/c1-8-6-13-15-14-9(2)16(13)12-7-10(17-3)4-5-11(8)12/h4-7H,1-3H3. The van der Waals surface area contributed by atoms with Crippen LogP contribution in [0.1, 0.15) is 11.4 Å². The lowest BCUT2D eigenvalue weighted by molar-refractivity contribution is 0.415. The number of hydrogen-bond donors (Lipinski definition) is 0. The lowest BCUT2D eigenvalue weighted by Gasteiger charge is -2.08. The second kappa shape index (κ2) is 3.45. The average Bonchev–Trinajstić information content (AvgIpc) is 2.70. The molecular formula is C13H13N3O. The number of benzene rings is 1. The van der Waals surface area contributed by atoms with Crippen molar-refractivity contribution in [2.75, 3.05) is 7.11 Å². The summed E-state index contributed by atoms with van der Waals surface area (Å²) in [7, 11) is 1.67. The monoisotopic (exact) mass is 227 g/mol. The van der Waals surface area contributed by atoms with Crippen LogP contribution in [0.15, 0.2) is 24.3 Å². The van der Waals surface area contributed by atoms with Gasteiger partial charge in [0.25, 0.3) is 0 Å². The van der Waals surface area contributed by atoms with Gasteiger partial charge in [-0.1, -0.05) is 0 Å². The van der Waals surface area contributed by atoms with Crippen LogP contribution in [0.2, 0.25) is 0 Å². The molecule has 17 heavy (non-hydrogen) atoms. The molecule has 0 spiro atoms. The third-order valence-electron chi connectivity index (χ3n) is 3.07. The van der Waals surface area contributed by atoms with Crippen molar-refractivity contribution in [2.45, 2.75) is 13.8 Å². The highest BCUT2D eigenvalue weighted by Crippen LogP contribution is 2.25. The van der Waals surface area contributed by atoms with Crippen molar-refractivity contribution in [3.8, 4) is 5.75 Å². The van der Waals surface area contributed by atoms with E-state index < -0.39 is 0 Å². The first-order chi connectivity index (χ1) is 8.20. The van der Waals surface area contributed by atoms with Gasteiger partial charge in [0.15, 0.2) is 5.65 Å². The van der Waals surface area contributed by atoms with Crippen LogP contribution in [-0.4, -0.2) is 21.7 Å². The minimum atomic E-state index is 0.845. The lowest BCUT2D eigenvalue weighted by Crippen LogP contribution is -1.94. The zero-order valence-electron chi connectivity index (χ0n) is 10.1. The van der Waals surface area contributed by atoms with Crippen molar-refractivity contribution < 1.29 is 4.74 Å². The molecule has 3 rings (SSSR count). The molecule has 0 radical (unpaired) electrons. The molecule has 0 aliphatic heterocycles. The molecule has 0 unspecified atom stereocenters. The van der Waals surface area contributed by atoms with Gasteiger partial charge in [0.1, 0.15) is 11.6 Å². The van der Waals surface area contributed by atoms with Crippen LogP contribution < -0.4 is 4.74 Å². The minimum absolute atomic E-state index is 0.845. The smallest absolute Gasteiger partial charge is 0.161 e. The Kier molecular flexibility index (Phi) is 2.04. The summed E-state index contributed by atoms with van der Waals surface area (Å²) in [5.41, 5.74) is 3.16. The zero-order valence-corrected chi connectivity index (χ0v) is 10.1. The normalized spacial score (nSPS) is 11.2. The van der Waals surface area contributed by atoms with Crippen LogP contribution in [0.3, 0.4) is 0 Å².